The van der Waals surface area contributed by atoms with E-state index in [9.17, 15) is 19.7 Å². The molecule has 1 rings (SSSR count). The summed E-state index contributed by atoms with van der Waals surface area (Å²) in [5, 5.41) is 24.9. The van der Waals surface area contributed by atoms with Gasteiger partial charge in [0.05, 0.1) is 11.3 Å². The van der Waals surface area contributed by atoms with Crippen molar-refractivity contribution in [3.8, 4) is 0 Å². The summed E-state index contributed by atoms with van der Waals surface area (Å²) < 4.78 is 1.29. The lowest BCUT2D eigenvalue weighted by molar-refractivity contribution is -0.385. The molecule has 18 heavy (non-hydrogen) atoms. The number of carbonyl (C=O) groups is 2. The molecule has 1 aromatic rings. The molecule has 0 spiro atoms. The molecule has 0 aliphatic carbocycles. The van der Waals surface area contributed by atoms with Crippen LogP contribution in [0.2, 0.25) is 0 Å². The zero-order valence-electron chi connectivity index (χ0n) is 9.40. The average molecular weight is 256 g/mol. The Hall–Kier alpha value is -2.45. The van der Waals surface area contributed by atoms with Crippen molar-refractivity contribution in [2.24, 2.45) is 0 Å². The number of aryl methyl sites for hydroxylation is 1. The van der Waals surface area contributed by atoms with Crippen LogP contribution in [0.3, 0.4) is 0 Å². The number of carbonyl (C=O) groups excluding carboxylic acids is 1. The Bertz CT molecular complexity index is 456. The fourth-order valence-electron chi connectivity index (χ4n) is 1.18. The summed E-state index contributed by atoms with van der Waals surface area (Å²) in [6.07, 6.45) is 2.27. The smallest absolute Gasteiger partial charge is 0.306 e. The third kappa shape index (κ3) is 4.60. The molecule has 1 aromatic heterocycles. The van der Waals surface area contributed by atoms with Crippen LogP contribution in [0, 0.1) is 10.1 Å². The van der Waals surface area contributed by atoms with Crippen LogP contribution >= 0.6 is 0 Å². The zero-order valence-corrected chi connectivity index (χ0v) is 9.40. The van der Waals surface area contributed by atoms with Gasteiger partial charge in [-0.1, -0.05) is 0 Å². The minimum Gasteiger partial charge on any atom is -0.481 e. The summed E-state index contributed by atoms with van der Waals surface area (Å²) >= 11 is 0. The van der Waals surface area contributed by atoms with E-state index in [-0.39, 0.29) is 37.5 Å². The second-order valence-corrected chi connectivity index (χ2v) is 3.46. The van der Waals surface area contributed by atoms with Gasteiger partial charge in [-0.25, -0.2) is 0 Å². The van der Waals surface area contributed by atoms with Gasteiger partial charge in [-0.3, -0.25) is 24.4 Å². The molecule has 0 aliphatic heterocycles. The van der Waals surface area contributed by atoms with Gasteiger partial charge in [0.15, 0.2) is 0 Å². The van der Waals surface area contributed by atoms with Crippen molar-refractivity contribution in [1.29, 1.82) is 0 Å². The number of hydrogen-bond acceptors (Lipinski definition) is 5. The number of aliphatic carboxylic acids is 1. The Balaban J connectivity index is 2.29. The number of amides is 1. The first-order valence-electron chi connectivity index (χ1n) is 5.14. The fraction of sp³-hybridized carbons (Fsp3) is 0.444. The zero-order chi connectivity index (χ0) is 13.5. The standard InChI is InChI=1S/C9H12N4O5/c14-8(10-3-1-9(15)16)2-4-12-6-7(5-11-12)13(17)18/h5-6H,1-4H2,(H,10,14)(H,15,16). The molecule has 0 aromatic carbocycles. The Morgan fingerprint density at radius 3 is 2.78 bits per heavy atom. The number of nitrogens with one attached hydrogen (secondary N) is 1. The molecule has 0 bridgehead atoms. The quantitative estimate of drug-likeness (QED) is 0.512. The van der Waals surface area contributed by atoms with Gasteiger partial charge in [0.1, 0.15) is 12.4 Å². The number of nitro groups is 1. The summed E-state index contributed by atoms with van der Waals surface area (Å²) in [7, 11) is 0. The third-order valence-electron chi connectivity index (χ3n) is 2.06. The SMILES string of the molecule is O=C(O)CCNC(=O)CCn1cc([N+](=O)[O-])cn1. The Labute approximate surface area is 102 Å². The summed E-state index contributed by atoms with van der Waals surface area (Å²) in [4.78, 5) is 31.3. The molecule has 0 saturated heterocycles. The Kier molecular flexibility index (Phi) is 4.78. The van der Waals surface area contributed by atoms with E-state index in [0.717, 1.165) is 6.20 Å². The second kappa shape index (κ2) is 6.33. The molecule has 98 valence electrons. The molecular formula is C9H12N4O5. The van der Waals surface area contributed by atoms with Gasteiger partial charge < -0.3 is 10.4 Å². The molecular weight excluding hydrogens is 244 g/mol. The molecule has 0 atom stereocenters. The molecule has 0 saturated carbocycles. The molecule has 2 N–H and O–H groups in total. The number of aromatic nitrogens is 2. The highest BCUT2D eigenvalue weighted by atomic mass is 16.6. The highest BCUT2D eigenvalue weighted by Crippen LogP contribution is 2.07. The summed E-state index contributed by atoms with van der Waals surface area (Å²) in [6.45, 7) is 0.264. The lowest BCUT2D eigenvalue weighted by atomic mass is 10.3. The number of carboxylic acid groups (broad SMARTS) is 1. The topological polar surface area (TPSA) is 127 Å². The largest absolute Gasteiger partial charge is 0.481 e. The van der Waals surface area contributed by atoms with Crippen molar-refractivity contribution in [2.45, 2.75) is 19.4 Å². The second-order valence-electron chi connectivity index (χ2n) is 3.46. The van der Waals surface area contributed by atoms with Gasteiger partial charge in [-0.05, 0) is 0 Å². The highest BCUT2D eigenvalue weighted by molar-refractivity contribution is 5.76. The number of nitrogens with zero attached hydrogens (tertiary/aromatic N) is 3. The minimum atomic E-state index is -0.988. The molecule has 0 unspecified atom stereocenters. The molecule has 9 heteroatoms. The van der Waals surface area contributed by atoms with E-state index >= 15 is 0 Å². The summed E-state index contributed by atoms with van der Waals surface area (Å²) in [6, 6.07) is 0. The van der Waals surface area contributed by atoms with E-state index in [4.69, 9.17) is 5.11 Å². The van der Waals surface area contributed by atoms with Gasteiger partial charge >= 0.3 is 11.7 Å². The number of carboxylic acids is 1. The van der Waals surface area contributed by atoms with Gasteiger partial charge in [0.2, 0.25) is 5.91 Å². The van der Waals surface area contributed by atoms with Crippen molar-refractivity contribution < 1.29 is 19.6 Å². The van der Waals surface area contributed by atoms with E-state index in [1.54, 1.807) is 0 Å². The van der Waals surface area contributed by atoms with Crippen LogP contribution in [0.5, 0.6) is 0 Å². The molecule has 1 amide bonds. The van der Waals surface area contributed by atoms with E-state index < -0.39 is 10.9 Å². The van der Waals surface area contributed by atoms with Crippen LogP contribution in [-0.4, -0.2) is 38.2 Å². The van der Waals surface area contributed by atoms with Gasteiger partial charge in [0, 0.05) is 19.5 Å². The predicted molar refractivity (Wildman–Crippen MR) is 58.8 cm³/mol. The molecule has 9 nitrogen and oxygen atoms in total. The Morgan fingerprint density at radius 2 is 2.22 bits per heavy atom. The Morgan fingerprint density at radius 1 is 1.50 bits per heavy atom. The maximum absolute atomic E-state index is 11.3. The normalized spacial score (nSPS) is 10.0. The summed E-state index contributed by atoms with van der Waals surface area (Å²) in [5.41, 5.74) is -0.138. The molecule has 1 heterocycles. The van der Waals surface area contributed by atoms with Gasteiger partial charge in [0.25, 0.3) is 0 Å². The van der Waals surface area contributed by atoms with Crippen LogP contribution in [0.1, 0.15) is 12.8 Å². The van der Waals surface area contributed by atoms with E-state index in [1.807, 2.05) is 0 Å². The maximum atomic E-state index is 11.3. The van der Waals surface area contributed by atoms with Crippen LogP contribution in [0.25, 0.3) is 0 Å². The van der Waals surface area contributed by atoms with Crippen LogP contribution < -0.4 is 5.32 Å². The van der Waals surface area contributed by atoms with Crippen molar-refractivity contribution in [3.05, 3.63) is 22.5 Å². The van der Waals surface area contributed by atoms with Crippen molar-refractivity contribution in [3.63, 3.8) is 0 Å². The van der Waals surface area contributed by atoms with Crippen LogP contribution in [0.15, 0.2) is 12.4 Å². The first-order chi connectivity index (χ1) is 8.49. The van der Waals surface area contributed by atoms with Crippen molar-refractivity contribution >= 4 is 17.6 Å². The summed E-state index contributed by atoms with van der Waals surface area (Å²) in [5.74, 6) is -1.31. The molecule has 0 aliphatic rings. The number of hydrogen-bond donors (Lipinski definition) is 2. The third-order valence-corrected chi connectivity index (χ3v) is 2.06. The maximum Gasteiger partial charge on any atom is 0.306 e. The van der Waals surface area contributed by atoms with E-state index in [1.165, 1.54) is 10.9 Å². The molecule has 0 fully saturated rings. The minimum absolute atomic E-state index is 0.0629. The van der Waals surface area contributed by atoms with Gasteiger partial charge in [-0.15, -0.1) is 0 Å². The van der Waals surface area contributed by atoms with Crippen molar-refractivity contribution in [1.82, 2.24) is 15.1 Å². The lowest BCUT2D eigenvalue weighted by Gasteiger charge is -2.03. The lowest BCUT2D eigenvalue weighted by Crippen LogP contribution is -2.26. The average Bonchev–Trinajstić information content (AvgIpc) is 2.74. The van der Waals surface area contributed by atoms with E-state index in [2.05, 4.69) is 10.4 Å². The highest BCUT2D eigenvalue weighted by Gasteiger charge is 2.09. The van der Waals surface area contributed by atoms with Crippen molar-refractivity contribution in [2.75, 3.05) is 6.54 Å². The fourth-order valence-corrected chi connectivity index (χ4v) is 1.18. The number of rotatable bonds is 7. The first kappa shape index (κ1) is 13.6. The van der Waals surface area contributed by atoms with Gasteiger partial charge in [-0.2, -0.15) is 5.10 Å². The van der Waals surface area contributed by atoms with Crippen LogP contribution in [-0.2, 0) is 16.1 Å². The van der Waals surface area contributed by atoms with E-state index in [0.29, 0.717) is 0 Å². The monoisotopic (exact) mass is 256 g/mol. The first-order valence-corrected chi connectivity index (χ1v) is 5.14. The molecule has 0 radical (unpaired) electrons. The van der Waals surface area contributed by atoms with Crippen LogP contribution in [0.4, 0.5) is 5.69 Å². The predicted octanol–water partition coefficient (Wildman–Crippen LogP) is -0.228.